The molecule has 0 spiro atoms. The maximum Gasteiger partial charge on any atom is 0.335 e. The van der Waals surface area contributed by atoms with Crippen molar-refractivity contribution < 1.29 is 19.1 Å². The van der Waals surface area contributed by atoms with E-state index in [1.165, 1.54) is 0 Å². The molecule has 0 saturated carbocycles. The molecule has 1 aliphatic rings. The number of hydrogen-bond acceptors (Lipinski definition) is 6. The molecule has 8 nitrogen and oxygen atoms in total. The number of imidazole rings is 1. The zero-order valence-corrected chi connectivity index (χ0v) is 21.3. The van der Waals surface area contributed by atoms with Crippen LogP contribution in [0.1, 0.15) is 27.5 Å². The van der Waals surface area contributed by atoms with E-state index in [4.69, 9.17) is 37.3 Å². The van der Waals surface area contributed by atoms with Crippen molar-refractivity contribution in [1.29, 1.82) is 0 Å². The second-order valence-corrected chi connectivity index (χ2v) is 9.74. The molecule has 1 saturated heterocycles. The van der Waals surface area contributed by atoms with E-state index < -0.39 is 5.97 Å². The highest BCUT2D eigenvalue weighted by Gasteiger charge is 2.21. The lowest BCUT2D eigenvalue weighted by atomic mass is 10.2. The number of aryl methyl sites for hydroxylation is 1. The van der Waals surface area contributed by atoms with Gasteiger partial charge in [0.1, 0.15) is 18.2 Å². The number of fused-ring (bicyclic) bond motifs is 1. The van der Waals surface area contributed by atoms with Crippen LogP contribution in [0.5, 0.6) is 5.95 Å². The first-order valence-electron chi connectivity index (χ1n) is 11.6. The Hall–Kier alpha value is -3.04. The molecule has 2 aromatic carbocycles. The highest BCUT2D eigenvalue weighted by atomic mass is 35.5. The van der Waals surface area contributed by atoms with Crippen molar-refractivity contribution in [3.63, 3.8) is 0 Å². The Balaban J connectivity index is 1.12. The van der Waals surface area contributed by atoms with E-state index in [2.05, 4.69) is 9.80 Å². The molecule has 1 N–H and O–H groups in total. The highest BCUT2D eigenvalue weighted by Crippen LogP contribution is 2.24. The number of aromatic nitrogens is 2. The van der Waals surface area contributed by atoms with Gasteiger partial charge in [0.2, 0.25) is 0 Å². The van der Waals surface area contributed by atoms with E-state index in [-0.39, 0.29) is 5.56 Å². The molecule has 0 atom stereocenters. The molecular formula is C26H26Cl2N4O4. The monoisotopic (exact) mass is 528 g/mol. The van der Waals surface area contributed by atoms with Crippen LogP contribution in [0.15, 0.2) is 52.9 Å². The molecule has 2 aromatic heterocycles. The third-order valence-electron chi connectivity index (χ3n) is 6.45. The van der Waals surface area contributed by atoms with Crippen molar-refractivity contribution in [3.8, 4) is 5.95 Å². The van der Waals surface area contributed by atoms with E-state index in [9.17, 15) is 9.90 Å². The second-order valence-electron chi connectivity index (χ2n) is 8.89. The van der Waals surface area contributed by atoms with Gasteiger partial charge in [0.05, 0.1) is 29.7 Å². The van der Waals surface area contributed by atoms with Gasteiger partial charge in [-0.1, -0.05) is 29.3 Å². The van der Waals surface area contributed by atoms with Crippen molar-refractivity contribution in [3.05, 3.63) is 81.3 Å². The lowest BCUT2D eigenvalue weighted by Gasteiger charge is -2.33. The summed E-state index contributed by atoms with van der Waals surface area (Å²) in [4.78, 5) is 20.7. The van der Waals surface area contributed by atoms with Crippen molar-refractivity contribution in [2.45, 2.75) is 19.7 Å². The summed E-state index contributed by atoms with van der Waals surface area (Å²) in [7, 11) is 1.93. The standard InChI is InChI=1S/C26H26Cl2N4O4/c1-30-23-12-17(26(33)34)3-6-22(23)29-24(30)15-32-10-8-31(9-11-32)14-20-5-7-25(36-20)35-16-18-2-4-19(27)13-21(18)28/h2-7,12-13H,8-11,14-16H2,1H3,(H,33,34). The second kappa shape index (κ2) is 10.5. The van der Waals surface area contributed by atoms with Crippen LogP contribution in [0.25, 0.3) is 11.0 Å². The summed E-state index contributed by atoms with van der Waals surface area (Å²) < 4.78 is 13.6. The lowest BCUT2D eigenvalue weighted by molar-refractivity contribution is 0.0697. The summed E-state index contributed by atoms with van der Waals surface area (Å²) in [6.07, 6.45) is 0. The molecule has 5 rings (SSSR count). The predicted molar refractivity (Wildman–Crippen MR) is 138 cm³/mol. The van der Waals surface area contributed by atoms with Crippen LogP contribution in [-0.2, 0) is 26.7 Å². The molecule has 0 amide bonds. The molecule has 0 radical (unpaired) electrons. The van der Waals surface area contributed by atoms with Gasteiger partial charge in [-0.3, -0.25) is 9.80 Å². The first kappa shape index (κ1) is 24.6. The molecule has 0 aliphatic carbocycles. The van der Waals surface area contributed by atoms with Crippen LogP contribution in [0.2, 0.25) is 10.0 Å². The highest BCUT2D eigenvalue weighted by molar-refractivity contribution is 6.35. The molecule has 10 heteroatoms. The minimum atomic E-state index is -0.933. The largest absolute Gasteiger partial charge is 0.478 e. The number of nitrogens with zero attached hydrogens (tertiary/aromatic N) is 4. The zero-order chi connectivity index (χ0) is 25.2. The minimum absolute atomic E-state index is 0.269. The zero-order valence-electron chi connectivity index (χ0n) is 19.8. The summed E-state index contributed by atoms with van der Waals surface area (Å²) >= 11 is 12.2. The van der Waals surface area contributed by atoms with E-state index in [1.807, 2.05) is 29.8 Å². The van der Waals surface area contributed by atoms with Crippen molar-refractivity contribution >= 4 is 40.2 Å². The molecular weight excluding hydrogens is 503 g/mol. The van der Waals surface area contributed by atoms with Crippen molar-refractivity contribution in [1.82, 2.24) is 19.4 Å². The maximum atomic E-state index is 11.3. The molecule has 3 heterocycles. The van der Waals surface area contributed by atoms with Crippen LogP contribution in [0, 0.1) is 0 Å². The Morgan fingerprint density at radius 3 is 2.50 bits per heavy atom. The van der Waals surface area contributed by atoms with Gasteiger partial charge in [0, 0.05) is 54.9 Å². The average molecular weight is 529 g/mol. The van der Waals surface area contributed by atoms with Gasteiger partial charge >= 0.3 is 5.97 Å². The van der Waals surface area contributed by atoms with E-state index in [1.54, 1.807) is 30.3 Å². The van der Waals surface area contributed by atoms with Crippen LogP contribution in [0.3, 0.4) is 0 Å². The summed E-state index contributed by atoms with van der Waals surface area (Å²) in [5, 5.41) is 10.4. The summed E-state index contributed by atoms with van der Waals surface area (Å²) in [5.41, 5.74) is 2.76. The number of furan rings is 1. The van der Waals surface area contributed by atoms with Gasteiger partial charge in [0.15, 0.2) is 0 Å². The number of hydrogen-bond donors (Lipinski definition) is 1. The number of carboxylic acids is 1. The maximum absolute atomic E-state index is 11.3. The molecule has 36 heavy (non-hydrogen) atoms. The van der Waals surface area contributed by atoms with Gasteiger partial charge in [-0.05, 0) is 36.4 Å². The SMILES string of the molecule is Cn1c(CN2CCN(Cc3ccc(OCc4ccc(Cl)cc4Cl)o3)CC2)nc2ccc(C(=O)O)cc21. The Morgan fingerprint density at radius 2 is 1.78 bits per heavy atom. The number of benzene rings is 2. The number of carbonyl (C=O) groups is 1. The van der Waals surface area contributed by atoms with Gasteiger partial charge in [-0.15, -0.1) is 0 Å². The molecule has 1 aliphatic heterocycles. The smallest absolute Gasteiger partial charge is 0.335 e. The number of ether oxygens (including phenoxy) is 1. The average Bonchev–Trinajstić information content (AvgIpc) is 3.43. The molecule has 1 fully saturated rings. The first-order chi connectivity index (χ1) is 17.4. The first-order valence-corrected chi connectivity index (χ1v) is 12.4. The lowest BCUT2D eigenvalue weighted by Crippen LogP contribution is -2.45. The quantitative estimate of drug-likeness (QED) is 0.341. The van der Waals surface area contributed by atoms with E-state index in [0.29, 0.717) is 35.7 Å². The predicted octanol–water partition coefficient (Wildman–Crippen LogP) is 5.07. The molecule has 0 bridgehead atoms. The van der Waals surface area contributed by atoms with Crippen LogP contribution >= 0.6 is 23.2 Å². The number of piperazine rings is 1. The van der Waals surface area contributed by atoms with Crippen LogP contribution in [0.4, 0.5) is 0 Å². The number of rotatable bonds is 8. The number of halogens is 2. The van der Waals surface area contributed by atoms with Crippen molar-refractivity contribution in [2.75, 3.05) is 26.2 Å². The molecule has 188 valence electrons. The Morgan fingerprint density at radius 1 is 1.03 bits per heavy atom. The Kier molecular flexibility index (Phi) is 7.20. The van der Waals surface area contributed by atoms with Crippen molar-refractivity contribution in [2.24, 2.45) is 7.05 Å². The fraction of sp³-hybridized carbons (Fsp3) is 0.308. The summed E-state index contributed by atoms with van der Waals surface area (Å²) in [6, 6.07) is 14.1. The summed E-state index contributed by atoms with van der Waals surface area (Å²) in [6.45, 7) is 5.36. The van der Waals surface area contributed by atoms with E-state index in [0.717, 1.165) is 54.4 Å². The minimum Gasteiger partial charge on any atom is -0.478 e. The normalized spacial score (nSPS) is 15.0. The summed E-state index contributed by atoms with van der Waals surface area (Å²) in [5.74, 6) is 1.30. The fourth-order valence-corrected chi connectivity index (χ4v) is 4.81. The van der Waals surface area contributed by atoms with E-state index >= 15 is 0 Å². The number of carboxylic acid groups (broad SMARTS) is 1. The van der Waals surface area contributed by atoms with Crippen LogP contribution in [-0.4, -0.2) is 56.6 Å². The van der Waals surface area contributed by atoms with Gasteiger partial charge in [-0.2, -0.15) is 0 Å². The topological polar surface area (TPSA) is 84.0 Å². The number of aromatic carboxylic acids is 1. The molecule has 0 unspecified atom stereocenters. The Bertz CT molecular complexity index is 1390. The third kappa shape index (κ3) is 5.52. The Labute approximate surface area is 218 Å². The fourth-order valence-electron chi connectivity index (χ4n) is 4.35. The van der Waals surface area contributed by atoms with Gasteiger partial charge < -0.3 is 18.8 Å². The van der Waals surface area contributed by atoms with Gasteiger partial charge in [-0.25, -0.2) is 9.78 Å². The molecule has 4 aromatic rings. The third-order valence-corrected chi connectivity index (χ3v) is 7.04. The van der Waals surface area contributed by atoms with Gasteiger partial charge in [0.25, 0.3) is 5.95 Å². The van der Waals surface area contributed by atoms with Crippen LogP contribution < -0.4 is 4.74 Å².